The lowest BCUT2D eigenvalue weighted by Crippen LogP contribution is -2.47. The molecule has 194 valence electrons. The van der Waals surface area contributed by atoms with E-state index in [1.165, 1.54) is 24.6 Å². The quantitative estimate of drug-likeness (QED) is 0.377. The number of alkyl halides is 3. The van der Waals surface area contributed by atoms with Crippen molar-refractivity contribution in [2.24, 2.45) is 0 Å². The number of nitrogens with one attached hydrogen (secondary N) is 1. The van der Waals surface area contributed by atoms with Gasteiger partial charge in [0.25, 0.3) is 0 Å². The van der Waals surface area contributed by atoms with E-state index in [0.29, 0.717) is 5.56 Å². The Labute approximate surface area is 209 Å². The van der Waals surface area contributed by atoms with Gasteiger partial charge in [-0.1, -0.05) is 36.4 Å². The van der Waals surface area contributed by atoms with Crippen LogP contribution in [0.2, 0.25) is 0 Å². The molecule has 2 fully saturated rings. The van der Waals surface area contributed by atoms with Gasteiger partial charge in [0.2, 0.25) is 29.6 Å². The molecule has 37 heavy (non-hydrogen) atoms. The van der Waals surface area contributed by atoms with Crippen LogP contribution in [0.3, 0.4) is 0 Å². The lowest BCUT2D eigenvalue weighted by Gasteiger charge is -2.35. The van der Waals surface area contributed by atoms with E-state index in [2.05, 4.69) is 15.3 Å². The minimum atomic E-state index is -2.80. The van der Waals surface area contributed by atoms with Crippen molar-refractivity contribution in [3.63, 3.8) is 0 Å². The highest BCUT2D eigenvalue weighted by atomic mass is 19.3. The number of carbonyl (C=O) groups is 2. The van der Waals surface area contributed by atoms with E-state index >= 15 is 0 Å². The summed E-state index contributed by atoms with van der Waals surface area (Å²) in [6, 6.07) is 9.55. The van der Waals surface area contributed by atoms with E-state index in [4.69, 9.17) is 4.42 Å². The number of hydrogen-bond donors (Lipinski definition) is 1. The largest absolute Gasteiger partial charge is 0.448 e. The summed E-state index contributed by atoms with van der Waals surface area (Å²) in [7, 11) is 0. The van der Waals surface area contributed by atoms with Gasteiger partial charge in [0.1, 0.15) is 24.9 Å². The van der Waals surface area contributed by atoms with Crippen LogP contribution in [0.15, 0.2) is 59.3 Å². The van der Waals surface area contributed by atoms with Crippen molar-refractivity contribution in [2.75, 3.05) is 6.54 Å². The average Bonchev–Trinajstić information content (AvgIpc) is 3.51. The number of aromatic nitrogens is 2. The molecule has 3 atom stereocenters. The van der Waals surface area contributed by atoms with Gasteiger partial charge in [-0.3, -0.25) is 9.59 Å². The number of carbonyl (C=O) groups excluding carboxylic acids is 2. The molecule has 1 aliphatic heterocycles. The number of hydrogen-bond acceptors (Lipinski definition) is 5. The average molecular weight is 516 g/mol. The first-order chi connectivity index (χ1) is 17.7. The van der Waals surface area contributed by atoms with Crippen molar-refractivity contribution in [2.45, 2.75) is 55.8 Å². The number of amides is 2. The third-order valence-electron chi connectivity index (χ3n) is 6.80. The van der Waals surface area contributed by atoms with Crippen LogP contribution in [0.4, 0.5) is 17.6 Å². The molecule has 0 radical (unpaired) electrons. The standard InChI is InChI=1S/C26H24F4N4O3/c27-17-10-20(34(14-17)22(35)11-21-31-8-9-37-21)25(36)33-23(15-4-2-1-3-5-15)19-7-6-18(24(28)32-19)16-12-26(29,30)13-16/h1-9,16-17,20,23H,10-14H2,(H,33,36)/t17-,20+,23+/m1/s1. The van der Waals surface area contributed by atoms with Crippen LogP contribution in [0.5, 0.6) is 0 Å². The maximum absolute atomic E-state index is 14.9. The van der Waals surface area contributed by atoms with Gasteiger partial charge in [0.15, 0.2) is 0 Å². The maximum atomic E-state index is 14.9. The smallest absolute Gasteiger partial charge is 0.249 e. The SMILES string of the molecule is O=C(N[C@@H](c1ccccc1)c1ccc(C2CC(F)(F)C2)c(F)n1)[C@@H]1C[C@@H](F)CN1C(=O)Cc1ncco1. The molecule has 1 N–H and O–H groups in total. The first-order valence-electron chi connectivity index (χ1n) is 11.9. The van der Waals surface area contributed by atoms with Gasteiger partial charge in [-0.2, -0.15) is 4.39 Å². The zero-order chi connectivity index (χ0) is 26.2. The van der Waals surface area contributed by atoms with Crippen LogP contribution >= 0.6 is 0 Å². The van der Waals surface area contributed by atoms with Crippen LogP contribution in [0, 0.1) is 5.95 Å². The summed E-state index contributed by atoms with van der Waals surface area (Å²) in [5, 5.41) is 2.79. The van der Waals surface area contributed by atoms with Gasteiger partial charge >= 0.3 is 0 Å². The molecule has 1 saturated carbocycles. The molecule has 3 heterocycles. The molecule has 0 bridgehead atoms. The summed E-state index contributed by atoms with van der Waals surface area (Å²) in [5.74, 6) is -5.28. The van der Waals surface area contributed by atoms with Crippen LogP contribution in [-0.4, -0.2) is 51.4 Å². The second-order valence-corrected chi connectivity index (χ2v) is 9.43. The Kier molecular flexibility index (Phi) is 6.70. The number of pyridine rings is 1. The van der Waals surface area contributed by atoms with Gasteiger partial charge in [0.05, 0.1) is 24.5 Å². The number of benzene rings is 1. The highest BCUT2D eigenvalue weighted by Gasteiger charge is 2.47. The first-order valence-corrected chi connectivity index (χ1v) is 11.9. The fraction of sp³-hybridized carbons (Fsp3) is 0.385. The number of nitrogens with zero attached hydrogens (tertiary/aromatic N) is 3. The lowest BCUT2D eigenvalue weighted by atomic mass is 9.77. The van der Waals surface area contributed by atoms with Crippen molar-refractivity contribution in [1.29, 1.82) is 0 Å². The molecule has 2 aliphatic rings. The Morgan fingerprint density at radius 3 is 2.57 bits per heavy atom. The summed E-state index contributed by atoms with van der Waals surface area (Å²) >= 11 is 0. The molecule has 3 aromatic rings. The minimum Gasteiger partial charge on any atom is -0.448 e. The molecular formula is C26H24F4N4O3. The van der Waals surface area contributed by atoms with E-state index in [0.717, 1.165) is 4.90 Å². The Morgan fingerprint density at radius 1 is 1.16 bits per heavy atom. The van der Waals surface area contributed by atoms with Gasteiger partial charge in [-0.05, 0) is 17.5 Å². The third-order valence-corrected chi connectivity index (χ3v) is 6.80. The first kappa shape index (κ1) is 24.9. The Bertz CT molecular complexity index is 1260. The van der Waals surface area contributed by atoms with E-state index in [-0.39, 0.29) is 36.5 Å². The van der Waals surface area contributed by atoms with Crippen LogP contribution in [0.1, 0.15) is 53.9 Å². The molecule has 0 unspecified atom stereocenters. The maximum Gasteiger partial charge on any atom is 0.249 e. The number of likely N-dealkylation sites (tertiary alicyclic amines) is 1. The van der Waals surface area contributed by atoms with Crippen LogP contribution in [-0.2, 0) is 16.0 Å². The molecule has 5 rings (SSSR count). The van der Waals surface area contributed by atoms with Crippen molar-refractivity contribution >= 4 is 11.8 Å². The van der Waals surface area contributed by atoms with Crippen molar-refractivity contribution in [3.05, 3.63) is 83.6 Å². The molecule has 1 aromatic carbocycles. The number of oxazole rings is 1. The van der Waals surface area contributed by atoms with E-state index in [1.54, 1.807) is 30.3 Å². The van der Waals surface area contributed by atoms with Gasteiger partial charge in [-0.25, -0.2) is 23.1 Å². The Hall–Kier alpha value is -3.76. The molecule has 1 saturated heterocycles. The monoisotopic (exact) mass is 516 g/mol. The summed E-state index contributed by atoms with van der Waals surface area (Å²) in [6.07, 6.45) is 0.0112. The van der Waals surface area contributed by atoms with Gasteiger partial charge < -0.3 is 14.6 Å². The third kappa shape index (κ3) is 5.35. The molecule has 0 spiro atoms. The summed E-state index contributed by atoms with van der Waals surface area (Å²) in [5.41, 5.74) is 0.838. The highest BCUT2D eigenvalue weighted by Crippen LogP contribution is 2.48. The topological polar surface area (TPSA) is 88.3 Å². The second kappa shape index (κ2) is 9.95. The normalized spacial score (nSPS) is 21.9. The predicted octanol–water partition coefficient (Wildman–Crippen LogP) is 4.11. The zero-order valence-corrected chi connectivity index (χ0v) is 19.6. The Balaban J connectivity index is 1.37. The van der Waals surface area contributed by atoms with Crippen molar-refractivity contribution in [1.82, 2.24) is 20.2 Å². The van der Waals surface area contributed by atoms with Crippen LogP contribution in [0.25, 0.3) is 0 Å². The summed E-state index contributed by atoms with van der Waals surface area (Å²) in [6.45, 7) is -0.249. The molecule has 11 heteroatoms. The van der Waals surface area contributed by atoms with Gasteiger partial charge in [0, 0.05) is 24.8 Å². The fourth-order valence-corrected chi connectivity index (χ4v) is 4.90. The second-order valence-electron chi connectivity index (χ2n) is 9.43. The number of rotatable bonds is 7. The van der Waals surface area contributed by atoms with Gasteiger partial charge in [-0.15, -0.1) is 0 Å². The zero-order valence-electron chi connectivity index (χ0n) is 19.6. The molecule has 2 aromatic heterocycles. The molecule has 7 nitrogen and oxygen atoms in total. The highest BCUT2D eigenvalue weighted by molar-refractivity contribution is 5.89. The molecule has 2 amide bonds. The van der Waals surface area contributed by atoms with Crippen molar-refractivity contribution in [3.8, 4) is 0 Å². The van der Waals surface area contributed by atoms with E-state index < -0.39 is 60.7 Å². The lowest BCUT2D eigenvalue weighted by molar-refractivity contribution is -0.138. The fourth-order valence-electron chi connectivity index (χ4n) is 4.90. The molecular weight excluding hydrogens is 492 g/mol. The molecule has 1 aliphatic carbocycles. The Morgan fingerprint density at radius 2 is 1.92 bits per heavy atom. The predicted molar refractivity (Wildman–Crippen MR) is 123 cm³/mol. The minimum absolute atomic E-state index is 0.104. The number of halogens is 4. The van der Waals surface area contributed by atoms with E-state index in [9.17, 15) is 27.2 Å². The van der Waals surface area contributed by atoms with Crippen molar-refractivity contribution < 1.29 is 31.6 Å². The van der Waals surface area contributed by atoms with E-state index in [1.807, 2.05) is 0 Å². The summed E-state index contributed by atoms with van der Waals surface area (Å²) in [4.78, 5) is 35.2. The summed E-state index contributed by atoms with van der Waals surface area (Å²) < 4.78 is 60.9. The van der Waals surface area contributed by atoms with Crippen LogP contribution < -0.4 is 5.32 Å².